The van der Waals surface area contributed by atoms with Crippen molar-refractivity contribution in [2.45, 2.75) is 71.6 Å². The van der Waals surface area contributed by atoms with Crippen LogP contribution < -0.4 is 4.74 Å². The highest BCUT2D eigenvalue weighted by atomic mass is 19.4. The summed E-state index contributed by atoms with van der Waals surface area (Å²) >= 11 is 0. The summed E-state index contributed by atoms with van der Waals surface area (Å²) in [6, 6.07) is 11.4. The summed E-state index contributed by atoms with van der Waals surface area (Å²) < 4.78 is 54.6. The maximum Gasteiger partial charge on any atom is 0.573 e. The van der Waals surface area contributed by atoms with Gasteiger partial charge in [-0.15, -0.1) is 13.2 Å². The summed E-state index contributed by atoms with van der Waals surface area (Å²) in [6.45, 7) is 4.59. The molecule has 1 saturated carbocycles. The Hall–Kier alpha value is -2.04. The molecule has 1 aliphatic rings. The van der Waals surface area contributed by atoms with Gasteiger partial charge in [0.1, 0.15) is 0 Å². The first-order valence-electron chi connectivity index (χ1n) is 11.4. The summed E-state index contributed by atoms with van der Waals surface area (Å²) in [5.74, 6) is 0.464. The molecule has 1 aliphatic carbocycles. The van der Waals surface area contributed by atoms with Crippen molar-refractivity contribution in [2.24, 2.45) is 17.8 Å². The standard InChI is InChI=1S/C26H32F4O/c1-3-4-5-19-6-10-21(11-7-19)18(2)16-20-8-12-22(13-9-20)23-14-15-25(24(27)17-23)31-26(28,29)30/h8-9,12-15,17-19,21H,3-7,10-11,16H2,1-2H3. The van der Waals surface area contributed by atoms with Gasteiger partial charge in [-0.2, -0.15) is 0 Å². The molecule has 0 amide bonds. The van der Waals surface area contributed by atoms with Crippen LogP contribution in [0.15, 0.2) is 42.5 Å². The number of ether oxygens (including phenoxy) is 1. The number of alkyl halides is 3. The van der Waals surface area contributed by atoms with E-state index in [1.54, 1.807) is 0 Å². The van der Waals surface area contributed by atoms with E-state index in [1.165, 1.54) is 56.6 Å². The number of benzene rings is 2. The molecular formula is C26H32F4O. The van der Waals surface area contributed by atoms with E-state index < -0.39 is 17.9 Å². The maximum atomic E-state index is 14.0. The van der Waals surface area contributed by atoms with Crippen LogP contribution in [-0.4, -0.2) is 6.36 Å². The van der Waals surface area contributed by atoms with E-state index in [0.29, 0.717) is 11.5 Å². The van der Waals surface area contributed by atoms with Crippen LogP contribution >= 0.6 is 0 Å². The molecule has 31 heavy (non-hydrogen) atoms. The molecule has 1 nitrogen and oxygen atoms in total. The van der Waals surface area contributed by atoms with Gasteiger partial charge >= 0.3 is 6.36 Å². The average Bonchev–Trinajstić information content (AvgIpc) is 2.74. The smallest absolute Gasteiger partial charge is 0.403 e. The molecule has 0 aromatic heterocycles. The summed E-state index contributed by atoms with van der Waals surface area (Å²) in [5, 5.41) is 0. The molecule has 1 atom stereocenters. The minimum Gasteiger partial charge on any atom is -0.403 e. The Morgan fingerprint density at radius 2 is 1.61 bits per heavy atom. The normalized spacial score (nSPS) is 20.5. The quantitative estimate of drug-likeness (QED) is 0.377. The lowest BCUT2D eigenvalue weighted by atomic mass is 9.73. The van der Waals surface area contributed by atoms with E-state index in [4.69, 9.17) is 0 Å². The maximum absolute atomic E-state index is 14.0. The van der Waals surface area contributed by atoms with Gasteiger partial charge in [0.25, 0.3) is 0 Å². The highest BCUT2D eigenvalue weighted by molar-refractivity contribution is 5.64. The minimum atomic E-state index is -4.91. The highest BCUT2D eigenvalue weighted by Gasteiger charge is 2.32. The molecular weight excluding hydrogens is 404 g/mol. The largest absolute Gasteiger partial charge is 0.573 e. The number of halogens is 4. The van der Waals surface area contributed by atoms with Gasteiger partial charge in [0, 0.05) is 0 Å². The van der Waals surface area contributed by atoms with Gasteiger partial charge < -0.3 is 4.74 Å². The zero-order chi connectivity index (χ0) is 22.4. The Morgan fingerprint density at radius 1 is 0.968 bits per heavy atom. The Bertz CT molecular complexity index is 820. The van der Waals surface area contributed by atoms with Crippen molar-refractivity contribution in [2.75, 3.05) is 0 Å². The molecule has 1 fully saturated rings. The molecule has 1 unspecified atom stereocenters. The summed E-state index contributed by atoms with van der Waals surface area (Å²) in [4.78, 5) is 0. The minimum absolute atomic E-state index is 0.525. The lowest BCUT2D eigenvalue weighted by Crippen LogP contribution is -2.21. The fraction of sp³-hybridized carbons (Fsp3) is 0.538. The van der Waals surface area contributed by atoms with Crippen LogP contribution in [0.4, 0.5) is 17.6 Å². The van der Waals surface area contributed by atoms with Crippen molar-refractivity contribution in [3.05, 3.63) is 53.8 Å². The summed E-state index contributed by atoms with van der Waals surface area (Å²) in [7, 11) is 0. The highest BCUT2D eigenvalue weighted by Crippen LogP contribution is 2.37. The second-order valence-electron chi connectivity index (χ2n) is 8.99. The second-order valence-corrected chi connectivity index (χ2v) is 8.99. The van der Waals surface area contributed by atoms with E-state index in [2.05, 4.69) is 18.6 Å². The molecule has 0 heterocycles. The van der Waals surface area contributed by atoms with Gasteiger partial charge in [-0.05, 0) is 65.8 Å². The van der Waals surface area contributed by atoms with Gasteiger partial charge in [-0.3, -0.25) is 0 Å². The monoisotopic (exact) mass is 436 g/mol. The van der Waals surface area contributed by atoms with Crippen LogP contribution in [0.3, 0.4) is 0 Å². The molecule has 0 N–H and O–H groups in total. The van der Waals surface area contributed by atoms with Crippen LogP contribution in [0.25, 0.3) is 11.1 Å². The third-order valence-corrected chi connectivity index (χ3v) is 6.66. The molecule has 2 aromatic carbocycles. The van der Waals surface area contributed by atoms with E-state index in [1.807, 2.05) is 24.3 Å². The van der Waals surface area contributed by atoms with Crippen molar-refractivity contribution < 1.29 is 22.3 Å². The summed E-state index contributed by atoms with van der Waals surface area (Å²) in [5.41, 5.74) is 2.53. The Kier molecular flexibility index (Phi) is 8.01. The Balaban J connectivity index is 1.56. The molecule has 0 saturated heterocycles. The van der Waals surface area contributed by atoms with Gasteiger partial charge in [-0.1, -0.05) is 76.3 Å². The van der Waals surface area contributed by atoms with Crippen molar-refractivity contribution in [1.82, 2.24) is 0 Å². The number of unbranched alkanes of at least 4 members (excludes halogenated alkanes) is 1. The predicted octanol–water partition coefficient (Wildman–Crippen LogP) is 8.57. The van der Waals surface area contributed by atoms with Gasteiger partial charge in [-0.25, -0.2) is 4.39 Å². The van der Waals surface area contributed by atoms with Gasteiger partial charge in [0.15, 0.2) is 11.6 Å². The first kappa shape index (κ1) is 23.6. The Morgan fingerprint density at radius 3 is 2.19 bits per heavy atom. The molecule has 0 aliphatic heterocycles. The first-order valence-corrected chi connectivity index (χ1v) is 11.4. The van der Waals surface area contributed by atoms with Crippen LogP contribution in [0.1, 0.15) is 64.4 Å². The third-order valence-electron chi connectivity index (χ3n) is 6.66. The lowest BCUT2D eigenvalue weighted by molar-refractivity contribution is -0.275. The van der Waals surface area contributed by atoms with E-state index in [-0.39, 0.29) is 0 Å². The van der Waals surface area contributed by atoms with E-state index >= 15 is 0 Å². The molecule has 0 spiro atoms. The van der Waals surface area contributed by atoms with Crippen molar-refractivity contribution in [3.8, 4) is 16.9 Å². The average molecular weight is 437 g/mol. The van der Waals surface area contributed by atoms with Crippen molar-refractivity contribution in [3.63, 3.8) is 0 Å². The van der Waals surface area contributed by atoms with Crippen LogP contribution in [0, 0.1) is 23.6 Å². The molecule has 2 aromatic rings. The van der Waals surface area contributed by atoms with E-state index in [0.717, 1.165) is 36.0 Å². The van der Waals surface area contributed by atoms with Crippen LogP contribution in [0.5, 0.6) is 5.75 Å². The zero-order valence-corrected chi connectivity index (χ0v) is 18.4. The molecule has 170 valence electrons. The number of hydrogen-bond acceptors (Lipinski definition) is 1. The molecule has 3 rings (SSSR count). The second kappa shape index (κ2) is 10.5. The zero-order valence-electron chi connectivity index (χ0n) is 18.4. The van der Waals surface area contributed by atoms with E-state index in [9.17, 15) is 17.6 Å². The predicted molar refractivity (Wildman–Crippen MR) is 116 cm³/mol. The molecule has 0 bridgehead atoms. The number of rotatable bonds is 8. The fourth-order valence-corrected chi connectivity index (χ4v) is 4.80. The Labute approximate surface area is 182 Å². The lowest BCUT2D eigenvalue weighted by Gasteiger charge is -2.32. The van der Waals surface area contributed by atoms with Crippen molar-refractivity contribution >= 4 is 0 Å². The SMILES string of the molecule is CCCCC1CCC(C(C)Cc2ccc(-c3ccc(OC(F)(F)F)c(F)c3)cc2)CC1. The van der Waals surface area contributed by atoms with Crippen LogP contribution in [-0.2, 0) is 6.42 Å². The van der Waals surface area contributed by atoms with Gasteiger partial charge in [0.05, 0.1) is 0 Å². The first-order chi connectivity index (χ1) is 14.7. The van der Waals surface area contributed by atoms with Gasteiger partial charge in [0.2, 0.25) is 0 Å². The fourth-order valence-electron chi connectivity index (χ4n) is 4.80. The third kappa shape index (κ3) is 6.98. The molecule has 0 radical (unpaired) electrons. The topological polar surface area (TPSA) is 9.23 Å². The van der Waals surface area contributed by atoms with Crippen molar-refractivity contribution in [1.29, 1.82) is 0 Å². The number of hydrogen-bond donors (Lipinski definition) is 0. The van der Waals surface area contributed by atoms with Crippen LogP contribution in [0.2, 0.25) is 0 Å². The molecule has 5 heteroatoms. The summed E-state index contributed by atoms with van der Waals surface area (Å²) in [6.07, 6.45) is 5.46.